The van der Waals surface area contributed by atoms with Crippen LogP contribution in [0.3, 0.4) is 0 Å². The molecule has 1 heterocycles. The fourth-order valence-corrected chi connectivity index (χ4v) is 2.06. The average Bonchev–Trinajstić information content (AvgIpc) is 2.26. The van der Waals surface area contributed by atoms with Gasteiger partial charge in [0.15, 0.2) is 0 Å². The normalized spacial score (nSPS) is 12.2. The van der Waals surface area contributed by atoms with Gasteiger partial charge in [-0.15, -0.1) is 0 Å². The van der Waals surface area contributed by atoms with Crippen LogP contribution in [0.15, 0.2) is 6.20 Å². The number of aryl methyl sites for hydroxylation is 1. The lowest BCUT2D eigenvalue weighted by Gasteiger charge is -2.11. The van der Waals surface area contributed by atoms with E-state index >= 15 is 0 Å². The maximum absolute atomic E-state index is 10.8. The smallest absolute Gasteiger partial charge is 0.339 e. The summed E-state index contributed by atoms with van der Waals surface area (Å²) >= 11 is 1.80. The number of carbonyl (C=O) groups is 1. The number of hydrogen-bond donors (Lipinski definition) is 2. The Kier molecular flexibility index (Phi) is 5.21. The Labute approximate surface area is 105 Å². The van der Waals surface area contributed by atoms with Crippen molar-refractivity contribution in [1.82, 2.24) is 9.97 Å². The predicted molar refractivity (Wildman–Crippen MR) is 69.8 cm³/mol. The summed E-state index contributed by atoms with van der Waals surface area (Å²) in [5, 5.41) is 11.9. The molecule has 0 aliphatic heterocycles. The van der Waals surface area contributed by atoms with Crippen molar-refractivity contribution >= 4 is 23.7 Å². The van der Waals surface area contributed by atoms with Crippen molar-refractivity contribution in [2.24, 2.45) is 5.92 Å². The SMILES string of the molecule is CSCC(C)CNc1ncc(C(=O)O)c(C)n1. The van der Waals surface area contributed by atoms with Gasteiger partial charge in [0.2, 0.25) is 5.95 Å². The molecule has 0 aliphatic rings. The molecule has 1 atom stereocenters. The molecule has 17 heavy (non-hydrogen) atoms. The molecule has 0 spiro atoms. The summed E-state index contributed by atoms with van der Waals surface area (Å²) in [4.78, 5) is 18.9. The maximum Gasteiger partial charge on any atom is 0.339 e. The van der Waals surface area contributed by atoms with Crippen LogP contribution in [0.5, 0.6) is 0 Å². The third kappa shape index (κ3) is 4.22. The number of aromatic carboxylic acids is 1. The Morgan fingerprint density at radius 2 is 2.35 bits per heavy atom. The number of nitrogens with zero attached hydrogens (tertiary/aromatic N) is 2. The van der Waals surface area contributed by atoms with Gasteiger partial charge >= 0.3 is 5.97 Å². The highest BCUT2D eigenvalue weighted by atomic mass is 32.2. The lowest BCUT2D eigenvalue weighted by Crippen LogP contribution is -2.16. The molecule has 0 aliphatic carbocycles. The topological polar surface area (TPSA) is 75.1 Å². The highest BCUT2D eigenvalue weighted by molar-refractivity contribution is 7.98. The highest BCUT2D eigenvalue weighted by Gasteiger charge is 2.10. The summed E-state index contributed by atoms with van der Waals surface area (Å²) < 4.78 is 0. The summed E-state index contributed by atoms with van der Waals surface area (Å²) in [5.41, 5.74) is 0.625. The molecule has 1 rings (SSSR count). The number of carboxylic acid groups (broad SMARTS) is 1. The van der Waals surface area contributed by atoms with E-state index < -0.39 is 5.97 Å². The van der Waals surface area contributed by atoms with Crippen LogP contribution in [0.25, 0.3) is 0 Å². The van der Waals surface area contributed by atoms with E-state index in [0.29, 0.717) is 17.6 Å². The van der Waals surface area contributed by atoms with E-state index in [1.165, 1.54) is 6.20 Å². The minimum atomic E-state index is -0.996. The number of aromatic nitrogens is 2. The Bertz CT molecular complexity index is 398. The van der Waals surface area contributed by atoms with Gasteiger partial charge in [0.25, 0.3) is 0 Å². The number of hydrogen-bond acceptors (Lipinski definition) is 5. The summed E-state index contributed by atoms with van der Waals surface area (Å²) in [6.45, 7) is 4.59. The first-order valence-corrected chi connectivity index (χ1v) is 6.73. The van der Waals surface area contributed by atoms with Gasteiger partial charge in [0, 0.05) is 12.7 Å². The lowest BCUT2D eigenvalue weighted by atomic mass is 10.2. The van der Waals surface area contributed by atoms with Gasteiger partial charge < -0.3 is 10.4 Å². The first-order valence-electron chi connectivity index (χ1n) is 5.34. The van der Waals surface area contributed by atoms with Crippen LogP contribution in [0.4, 0.5) is 5.95 Å². The number of thioether (sulfide) groups is 1. The lowest BCUT2D eigenvalue weighted by molar-refractivity contribution is 0.0695. The van der Waals surface area contributed by atoms with E-state index in [1.807, 2.05) is 0 Å². The van der Waals surface area contributed by atoms with Crippen molar-refractivity contribution in [3.8, 4) is 0 Å². The summed E-state index contributed by atoms with van der Waals surface area (Å²) in [6, 6.07) is 0. The Balaban J connectivity index is 2.62. The molecule has 0 amide bonds. The number of rotatable bonds is 6. The second kappa shape index (κ2) is 6.44. The minimum Gasteiger partial charge on any atom is -0.478 e. The third-order valence-electron chi connectivity index (χ3n) is 2.27. The van der Waals surface area contributed by atoms with Gasteiger partial charge in [-0.3, -0.25) is 0 Å². The van der Waals surface area contributed by atoms with Crippen LogP contribution in [0.1, 0.15) is 23.0 Å². The maximum atomic E-state index is 10.8. The van der Waals surface area contributed by atoms with Gasteiger partial charge in [0.1, 0.15) is 0 Å². The molecule has 0 saturated carbocycles. The molecule has 2 N–H and O–H groups in total. The Morgan fingerprint density at radius 3 is 2.88 bits per heavy atom. The largest absolute Gasteiger partial charge is 0.478 e. The molecular weight excluding hydrogens is 238 g/mol. The summed E-state index contributed by atoms with van der Waals surface area (Å²) in [5.74, 6) is 1.08. The van der Waals surface area contributed by atoms with Gasteiger partial charge in [-0.1, -0.05) is 6.92 Å². The van der Waals surface area contributed by atoms with Gasteiger partial charge in [-0.05, 0) is 24.9 Å². The second-order valence-corrected chi connectivity index (χ2v) is 4.85. The fraction of sp³-hybridized carbons (Fsp3) is 0.545. The molecule has 0 saturated heterocycles. The summed E-state index contributed by atoms with van der Waals surface area (Å²) in [6.07, 6.45) is 3.41. The summed E-state index contributed by atoms with van der Waals surface area (Å²) in [7, 11) is 0. The van der Waals surface area contributed by atoms with Crippen molar-refractivity contribution in [1.29, 1.82) is 0 Å². The van der Waals surface area contributed by atoms with Crippen LogP contribution in [-0.2, 0) is 0 Å². The molecule has 1 aromatic rings. The molecule has 0 aromatic carbocycles. The van der Waals surface area contributed by atoms with Gasteiger partial charge in [-0.25, -0.2) is 14.8 Å². The molecule has 0 radical (unpaired) electrons. The van der Waals surface area contributed by atoms with E-state index in [2.05, 4.69) is 28.5 Å². The standard InChI is InChI=1S/C11H17N3O2S/c1-7(6-17-3)4-12-11-13-5-9(10(15)16)8(2)14-11/h5,7H,4,6H2,1-3H3,(H,15,16)(H,12,13,14). The van der Waals surface area contributed by atoms with Gasteiger partial charge in [0.05, 0.1) is 11.3 Å². The van der Waals surface area contributed by atoms with E-state index in [-0.39, 0.29) is 5.56 Å². The van der Waals surface area contributed by atoms with Crippen LogP contribution in [-0.4, -0.2) is 39.6 Å². The number of anilines is 1. The monoisotopic (exact) mass is 255 g/mol. The third-order valence-corrected chi connectivity index (χ3v) is 3.17. The highest BCUT2D eigenvalue weighted by Crippen LogP contribution is 2.09. The van der Waals surface area contributed by atoms with Crippen molar-refractivity contribution in [2.75, 3.05) is 23.9 Å². The Hall–Kier alpha value is -1.30. The van der Waals surface area contributed by atoms with Crippen LogP contribution < -0.4 is 5.32 Å². The van der Waals surface area contributed by atoms with Crippen molar-refractivity contribution in [3.05, 3.63) is 17.5 Å². The second-order valence-electron chi connectivity index (χ2n) is 3.94. The van der Waals surface area contributed by atoms with E-state index in [0.717, 1.165) is 12.3 Å². The predicted octanol–water partition coefficient (Wildman–Crippen LogP) is 1.89. The molecule has 0 bridgehead atoms. The van der Waals surface area contributed by atoms with Crippen molar-refractivity contribution in [2.45, 2.75) is 13.8 Å². The molecule has 6 heteroatoms. The molecule has 1 unspecified atom stereocenters. The van der Waals surface area contributed by atoms with E-state index in [9.17, 15) is 4.79 Å². The molecule has 0 fully saturated rings. The van der Waals surface area contributed by atoms with Crippen LogP contribution in [0.2, 0.25) is 0 Å². The van der Waals surface area contributed by atoms with Crippen LogP contribution in [0, 0.1) is 12.8 Å². The number of nitrogens with one attached hydrogen (secondary N) is 1. The zero-order chi connectivity index (χ0) is 12.8. The quantitative estimate of drug-likeness (QED) is 0.808. The van der Waals surface area contributed by atoms with E-state index in [4.69, 9.17) is 5.11 Å². The molecule has 94 valence electrons. The van der Waals surface area contributed by atoms with Crippen molar-refractivity contribution < 1.29 is 9.90 Å². The zero-order valence-corrected chi connectivity index (χ0v) is 11.0. The van der Waals surface area contributed by atoms with E-state index in [1.54, 1.807) is 18.7 Å². The minimum absolute atomic E-state index is 0.146. The van der Waals surface area contributed by atoms with Gasteiger partial charge in [-0.2, -0.15) is 11.8 Å². The Morgan fingerprint density at radius 1 is 1.65 bits per heavy atom. The number of carboxylic acids is 1. The first-order chi connectivity index (χ1) is 8.04. The molecular formula is C11H17N3O2S. The van der Waals surface area contributed by atoms with Crippen LogP contribution >= 0.6 is 11.8 Å². The molecule has 1 aromatic heterocycles. The molecule has 5 nitrogen and oxygen atoms in total. The average molecular weight is 255 g/mol. The zero-order valence-electron chi connectivity index (χ0n) is 10.2. The first kappa shape index (κ1) is 13.8. The van der Waals surface area contributed by atoms with Crippen molar-refractivity contribution in [3.63, 3.8) is 0 Å². The fourth-order valence-electron chi connectivity index (χ4n) is 1.37.